The molecule has 0 radical (unpaired) electrons. The summed E-state index contributed by atoms with van der Waals surface area (Å²) in [6.45, 7) is 8.47. The molecule has 2 aliphatic rings. The van der Waals surface area contributed by atoms with Crippen LogP contribution in [0.3, 0.4) is 0 Å². The second-order valence-corrected chi connectivity index (χ2v) is 10.2. The van der Waals surface area contributed by atoms with Gasteiger partial charge >= 0.3 is 0 Å². The SMILES string of the molecule is Cc1ccc(C(C)NC(=O)c2ccc3c(c2)C(=Cc2[nH]c(C)c(C(=O)N4CCC(O)C4)c2C)C(=O)N3)cc1. The summed E-state index contributed by atoms with van der Waals surface area (Å²) < 4.78 is 0. The van der Waals surface area contributed by atoms with E-state index in [0.717, 1.165) is 16.7 Å². The Morgan fingerprint density at radius 1 is 1.13 bits per heavy atom. The van der Waals surface area contributed by atoms with Gasteiger partial charge in [-0.25, -0.2) is 0 Å². The molecule has 2 atom stereocenters. The first kappa shape index (κ1) is 25.5. The summed E-state index contributed by atoms with van der Waals surface area (Å²) in [6.07, 6.45) is 1.81. The van der Waals surface area contributed by atoms with Crippen LogP contribution in [0.4, 0.5) is 5.69 Å². The standard InChI is InChI=1S/C30H32N4O4/c1-16-5-7-20(8-6-16)18(3)32-28(36)21-9-10-25-23(13-21)24(29(37)33-25)14-26-17(2)27(19(4)31-26)30(38)34-12-11-22(35)15-34/h5-10,13-14,18,22,31,35H,11-12,15H2,1-4H3,(H,32,36)(H,33,37). The van der Waals surface area contributed by atoms with E-state index in [4.69, 9.17) is 0 Å². The lowest BCUT2D eigenvalue weighted by molar-refractivity contribution is -0.110. The molecule has 2 aliphatic heterocycles. The van der Waals surface area contributed by atoms with Crippen LogP contribution in [0.25, 0.3) is 11.6 Å². The number of aryl methyl sites for hydroxylation is 2. The summed E-state index contributed by atoms with van der Waals surface area (Å²) in [5.41, 5.74) is 6.96. The molecule has 3 aromatic rings. The van der Waals surface area contributed by atoms with Gasteiger partial charge in [-0.1, -0.05) is 29.8 Å². The minimum Gasteiger partial charge on any atom is -0.391 e. The molecule has 1 fully saturated rings. The molecule has 0 aliphatic carbocycles. The number of carbonyl (C=O) groups is 3. The third kappa shape index (κ3) is 4.75. The van der Waals surface area contributed by atoms with E-state index in [2.05, 4.69) is 15.6 Å². The number of aliphatic hydroxyl groups is 1. The van der Waals surface area contributed by atoms with Gasteiger partial charge in [0, 0.05) is 41.3 Å². The summed E-state index contributed by atoms with van der Waals surface area (Å²) in [6, 6.07) is 13.0. The van der Waals surface area contributed by atoms with Crippen molar-refractivity contribution < 1.29 is 19.5 Å². The average Bonchev–Trinajstić information content (AvgIpc) is 3.54. The van der Waals surface area contributed by atoms with Gasteiger partial charge < -0.3 is 25.6 Å². The maximum Gasteiger partial charge on any atom is 0.256 e. The van der Waals surface area contributed by atoms with Crippen molar-refractivity contribution in [1.82, 2.24) is 15.2 Å². The molecule has 2 unspecified atom stereocenters. The van der Waals surface area contributed by atoms with Crippen LogP contribution < -0.4 is 10.6 Å². The molecule has 38 heavy (non-hydrogen) atoms. The van der Waals surface area contributed by atoms with Crippen LogP contribution in [0.2, 0.25) is 0 Å². The Bertz CT molecular complexity index is 1470. The third-order valence-corrected chi connectivity index (χ3v) is 7.42. The number of hydrogen-bond donors (Lipinski definition) is 4. The Morgan fingerprint density at radius 3 is 2.55 bits per heavy atom. The number of aromatic amines is 1. The molecule has 0 saturated carbocycles. The highest BCUT2D eigenvalue weighted by Gasteiger charge is 2.30. The Kier molecular flexibility index (Phi) is 6.67. The second kappa shape index (κ2) is 9.95. The first-order chi connectivity index (χ1) is 18.1. The molecule has 1 aromatic heterocycles. The lowest BCUT2D eigenvalue weighted by atomic mass is 10.0. The zero-order valence-corrected chi connectivity index (χ0v) is 22.0. The van der Waals surface area contributed by atoms with Crippen LogP contribution in [-0.4, -0.2) is 51.9 Å². The maximum atomic E-state index is 13.1. The van der Waals surface area contributed by atoms with Crippen molar-refractivity contribution in [2.24, 2.45) is 0 Å². The number of likely N-dealkylation sites (tertiary alicyclic amines) is 1. The summed E-state index contributed by atoms with van der Waals surface area (Å²) >= 11 is 0. The van der Waals surface area contributed by atoms with Gasteiger partial charge in [-0.2, -0.15) is 0 Å². The lowest BCUT2D eigenvalue weighted by Crippen LogP contribution is -2.30. The number of H-pyrrole nitrogens is 1. The zero-order valence-electron chi connectivity index (χ0n) is 22.0. The fourth-order valence-electron chi connectivity index (χ4n) is 5.16. The number of rotatable bonds is 5. The molecule has 0 spiro atoms. The largest absolute Gasteiger partial charge is 0.391 e. The van der Waals surface area contributed by atoms with E-state index in [1.165, 1.54) is 0 Å². The van der Waals surface area contributed by atoms with E-state index in [1.54, 1.807) is 29.2 Å². The van der Waals surface area contributed by atoms with Gasteiger partial charge in [-0.15, -0.1) is 0 Å². The number of benzene rings is 2. The quantitative estimate of drug-likeness (QED) is 0.385. The Labute approximate surface area is 221 Å². The predicted molar refractivity (Wildman–Crippen MR) is 147 cm³/mol. The van der Waals surface area contributed by atoms with E-state index in [9.17, 15) is 19.5 Å². The van der Waals surface area contributed by atoms with Crippen LogP contribution >= 0.6 is 0 Å². The number of carbonyl (C=O) groups excluding carboxylic acids is 3. The number of hydrogen-bond acceptors (Lipinski definition) is 4. The molecular weight excluding hydrogens is 480 g/mol. The second-order valence-electron chi connectivity index (χ2n) is 10.2. The molecular formula is C30H32N4O4. The van der Waals surface area contributed by atoms with E-state index in [1.807, 2.05) is 52.0 Å². The lowest BCUT2D eigenvalue weighted by Gasteiger charge is -2.16. The monoisotopic (exact) mass is 512 g/mol. The van der Waals surface area contributed by atoms with Gasteiger partial charge in [-0.05, 0) is 69.5 Å². The Morgan fingerprint density at radius 2 is 1.87 bits per heavy atom. The highest BCUT2D eigenvalue weighted by molar-refractivity contribution is 6.35. The molecule has 4 N–H and O–H groups in total. The van der Waals surface area contributed by atoms with Crippen molar-refractivity contribution in [2.75, 3.05) is 18.4 Å². The summed E-state index contributed by atoms with van der Waals surface area (Å²) in [7, 11) is 0. The smallest absolute Gasteiger partial charge is 0.256 e. The number of aliphatic hydroxyl groups excluding tert-OH is 1. The molecule has 3 heterocycles. The van der Waals surface area contributed by atoms with E-state index in [0.29, 0.717) is 58.8 Å². The van der Waals surface area contributed by atoms with Gasteiger partial charge in [0.25, 0.3) is 17.7 Å². The predicted octanol–water partition coefficient (Wildman–Crippen LogP) is 4.13. The molecule has 5 rings (SSSR count). The number of β-amino-alcohol motifs (C(OH)–C–C–N with tert-alkyl or cyclic N) is 1. The van der Waals surface area contributed by atoms with Crippen molar-refractivity contribution in [1.29, 1.82) is 0 Å². The Balaban J connectivity index is 1.41. The van der Waals surface area contributed by atoms with Crippen molar-refractivity contribution in [3.8, 4) is 0 Å². The van der Waals surface area contributed by atoms with Crippen LogP contribution in [0, 0.1) is 20.8 Å². The summed E-state index contributed by atoms with van der Waals surface area (Å²) in [4.78, 5) is 44.0. The molecule has 3 amide bonds. The van der Waals surface area contributed by atoms with Crippen molar-refractivity contribution >= 4 is 35.1 Å². The van der Waals surface area contributed by atoms with Gasteiger partial charge in [0.15, 0.2) is 0 Å². The first-order valence-electron chi connectivity index (χ1n) is 12.8. The van der Waals surface area contributed by atoms with Gasteiger partial charge in [0.1, 0.15) is 0 Å². The van der Waals surface area contributed by atoms with Gasteiger partial charge in [-0.3, -0.25) is 14.4 Å². The van der Waals surface area contributed by atoms with Crippen LogP contribution in [0.5, 0.6) is 0 Å². The minimum atomic E-state index is -0.495. The highest BCUT2D eigenvalue weighted by atomic mass is 16.3. The number of nitrogens with zero attached hydrogens (tertiary/aromatic N) is 1. The zero-order chi connectivity index (χ0) is 27.1. The average molecular weight is 513 g/mol. The van der Waals surface area contributed by atoms with E-state index >= 15 is 0 Å². The molecule has 0 bridgehead atoms. The van der Waals surface area contributed by atoms with Crippen LogP contribution in [-0.2, 0) is 4.79 Å². The minimum absolute atomic E-state index is 0.129. The Hall–Kier alpha value is -4.17. The number of amides is 3. The topological polar surface area (TPSA) is 115 Å². The maximum absolute atomic E-state index is 13.1. The van der Waals surface area contributed by atoms with Gasteiger partial charge in [0.05, 0.1) is 23.3 Å². The third-order valence-electron chi connectivity index (χ3n) is 7.42. The molecule has 196 valence electrons. The van der Waals surface area contributed by atoms with Crippen LogP contribution in [0.15, 0.2) is 42.5 Å². The summed E-state index contributed by atoms with van der Waals surface area (Å²) in [5, 5.41) is 15.7. The molecule has 1 saturated heterocycles. The van der Waals surface area contributed by atoms with Crippen molar-refractivity contribution in [3.63, 3.8) is 0 Å². The normalized spacial score (nSPS) is 18.4. The number of anilines is 1. The fourth-order valence-corrected chi connectivity index (χ4v) is 5.16. The van der Waals surface area contributed by atoms with E-state index in [-0.39, 0.29) is 23.8 Å². The molecule has 8 heteroatoms. The van der Waals surface area contributed by atoms with Crippen molar-refractivity contribution in [3.05, 3.63) is 87.2 Å². The molecule has 8 nitrogen and oxygen atoms in total. The fraction of sp³-hybridized carbons (Fsp3) is 0.300. The van der Waals surface area contributed by atoms with E-state index < -0.39 is 6.10 Å². The first-order valence-corrected chi connectivity index (χ1v) is 12.8. The number of aromatic nitrogens is 1. The highest BCUT2D eigenvalue weighted by Crippen LogP contribution is 2.35. The number of nitrogens with one attached hydrogen (secondary N) is 3. The number of fused-ring (bicyclic) bond motifs is 1. The molecule has 2 aromatic carbocycles. The van der Waals surface area contributed by atoms with Crippen molar-refractivity contribution in [2.45, 2.75) is 46.3 Å². The van der Waals surface area contributed by atoms with Gasteiger partial charge in [0.2, 0.25) is 0 Å². The summed E-state index contributed by atoms with van der Waals surface area (Å²) in [5.74, 6) is -0.629. The van der Waals surface area contributed by atoms with Crippen LogP contribution in [0.1, 0.15) is 73.7 Å².